The summed E-state index contributed by atoms with van der Waals surface area (Å²) in [7, 11) is 0. The third-order valence-corrected chi connectivity index (χ3v) is 2.61. The van der Waals surface area contributed by atoms with Gasteiger partial charge in [-0.05, 0) is 18.9 Å². The van der Waals surface area contributed by atoms with Gasteiger partial charge >= 0.3 is 0 Å². The fourth-order valence-electron chi connectivity index (χ4n) is 1.39. The van der Waals surface area contributed by atoms with Crippen molar-refractivity contribution in [1.29, 1.82) is 5.26 Å². The van der Waals surface area contributed by atoms with E-state index in [0.29, 0.717) is 18.9 Å². The summed E-state index contributed by atoms with van der Waals surface area (Å²) in [4.78, 5) is 0. The van der Waals surface area contributed by atoms with E-state index >= 15 is 0 Å². The fourth-order valence-corrected chi connectivity index (χ4v) is 1.65. The summed E-state index contributed by atoms with van der Waals surface area (Å²) in [6.07, 6.45) is 3.06. The van der Waals surface area contributed by atoms with E-state index in [-0.39, 0.29) is 0 Å². The van der Waals surface area contributed by atoms with E-state index in [9.17, 15) is 0 Å². The minimum Gasteiger partial charge on any atom is -0.301 e. The number of nitriles is 1. The van der Waals surface area contributed by atoms with Gasteiger partial charge in [0, 0.05) is 11.6 Å². The smallest absolute Gasteiger partial charge is 0.122 e. The maximum atomic E-state index is 8.44. The molecule has 0 aromatic carbocycles. The second-order valence-corrected chi connectivity index (χ2v) is 3.80. The summed E-state index contributed by atoms with van der Waals surface area (Å²) in [6, 6.07) is 4.13. The lowest BCUT2D eigenvalue weighted by molar-refractivity contribution is 0.611. The predicted octanol–water partition coefficient (Wildman–Crippen LogP) is 2.34. The molecule has 1 heterocycles. The number of aromatic nitrogens is 2. The SMILES string of the molecule is N#CCCn1[nH]c(C2CC2)cc1=S. The Labute approximate surface area is 82.0 Å². The zero-order chi connectivity index (χ0) is 9.26. The zero-order valence-electron chi connectivity index (χ0n) is 7.29. The molecule has 0 atom stereocenters. The molecule has 0 amide bonds. The maximum Gasteiger partial charge on any atom is 0.122 e. The third kappa shape index (κ3) is 1.81. The van der Waals surface area contributed by atoms with Crippen LogP contribution in [0.25, 0.3) is 0 Å². The first-order chi connectivity index (χ1) is 6.31. The summed E-state index contributed by atoms with van der Waals surface area (Å²) in [5, 5.41) is 11.7. The van der Waals surface area contributed by atoms with Crippen LogP contribution in [0.3, 0.4) is 0 Å². The monoisotopic (exact) mass is 193 g/mol. The number of aryl methyl sites for hydroxylation is 1. The molecule has 2 rings (SSSR count). The number of H-pyrrole nitrogens is 1. The molecule has 13 heavy (non-hydrogen) atoms. The normalized spacial score (nSPS) is 15.6. The third-order valence-electron chi connectivity index (χ3n) is 2.27. The average molecular weight is 193 g/mol. The maximum absolute atomic E-state index is 8.44. The number of nitrogens with one attached hydrogen (secondary N) is 1. The van der Waals surface area contributed by atoms with Gasteiger partial charge in [0.15, 0.2) is 0 Å². The highest BCUT2D eigenvalue weighted by Crippen LogP contribution is 2.38. The van der Waals surface area contributed by atoms with Crippen LogP contribution in [0.1, 0.15) is 30.9 Å². The van der Waals surface area contributed by atoms with Crippen molar-refractivity contribution in [2.24, 2.45) is 0 Å². The van der Waals surface area contributed by atoms with Crippen LogP contribution in [0, 0.1) is 16.0 Å². The number of hydrogen-bond acceptors (Lipinski definition) is 2. The fraction of sp³-hybridized carbons (Fsp3) is 0.556. The minimum atomic E-state index is 0.513. The largest absolute Gasteiger partial charge is 0.301 e. The Morgan fingerprint density at radius 2 is 2.46 bits per heavy atom. The molecule has 1 aromatic rings. The summed E-state index contributed by atoms with van der Waals surface area (Å²) in [6.45, 7) is 0.683. The quantitative estimate of drug-likeness (QED) is 0.749. The Morgan fingerprint density at radius 3 is 3.08 bits per heavy atom. The summed E-state index contributed by atoms with van der Waals surface area (Å²) < 4.78 is 2.70. The van der Waals surface area contributed by atoms with Crippen molar-refractivity contribution in [2.75, 3.05) is 0 Å². The molecule has 3 nitrogen and oxygen atoms in total. The van der Waals surface area contributed by atoms with Crippen molar-refractivity contribution in [3.63, 3.8) is 0 Å². The molecule has 0 spiro atoms. The molecular formula is C9H11N3S. The van der Waals surface area contributed by atoms with Gasteiger partial charge < -0.3 is 5.10 Å². The highest BCUT2D eigenvalue weighted by Gasteiger charge is 2.25. The summed E-state index contributed by atoms with van der Waals surface area (Å²) in [5.41, 5.74) is 1.24. The van der Waals surface area contributed by atoms with E-state index in [0.717, 1.165) is 4.64 Å². The predicted molar refractivity (Wildman–Crippen MR) is 51.8 cm³/mol. The van der Waals surface area contributed by atoms with E-state index < -0.39 is 0 Å². The standard InChI is InChI=1S/C9H11N3S/c10-4-1-5-12-9(13)6-8(11-12)7-2-3-7/h6-7,11H,1-3,5H2. The van der Waals surface area contributed by atoms with Gasteiger partial charge in [-0.1, -0.05) is 12.2 Å². The van der Waals surface area contributed by atoms with Gasteiger partial charge in [0.1, 0.15) is 4.64 Å². The molecule has 1 aliphatic carbocycles. The molecule has 4 heteroatoms. The van der Waals surface area contributed by atoms with Crippen LogP contribution in [0.4, 0.5) is 0 Å². The lowest BCUT2D eigenvalue weighted by Crippen LogP contribution is -1.99. The molecule has 0 aliphatic heterocycles. The molecule has 1 saturated carbocycles. The second kappa shape index (κ2) is 3.35. The zero-order valence-corrected chi connectivity index (χ0v) is 8.10. The molecule has 1 aromatic heterocycles. The van der Waals surface area contributed by atoms with Crippen molar-refractivity contribution in [2.45, 2.75) is 31.7 Å². The summed E-state index contributed by atoms with van der Waals surface area (Å²) in [5.74, 6) is 0.699. The second-order valence-electron chi connectivity index (χ2n) is 3.38. The molecule has 0 unspecified atom stereocenters. The number of nitrogens with zero attached hydrogens (tertiary/aromatic N) is 2. The van der Waals surface area contributed by atoms with Crippen LogP contribution in [0.5, 0.6) is 0 Å². The number of aromatic amines is 1. The molecule has 0 bridgehead atoms. The average Bonchev–Trinajstić information content (AvgIpc) is 2.89. The lowest BCUT2D eigenvalue weighted by Gasteiger charge is -1.97. The Morgan fingerprint density at radius 1 is 1.69 bits per heavy atom. The Hall–Kier alpha value is -1.08. The van der Waals surface area contributed by atoms with Crippen LogP contribution < -0.4 is 0 Å². The van der Waals surface area contributed by atoms with Gasteiger partial charge in [-0.25, -0.2) is 0 Å². The topological polar surface area (TPSA) is 44.5 Å². The molecule has 68 valence electrons. The molecule has 0 radical (unpaired) electrons. The van der Waals surface area contributed by atoms with Gasteiger partial charge in [-0.3, -0.25) is 4.68 Å². The van der Waals surface area contributed by atoms with Crippen molar-refractivity contribution in [1.82, 2.24) is 9.78 Å². The van der Waals surface area contributed by atoms with Crippen LogP contribution >= 0.6 is 12.2 Å². The first kappa shape index (κ1) is 8.52. The van der Waals surface area contributed by atoms with Crippen LogP contribution in [0.15, 0.2) is 6.07 Å². The van der Waals surface area contributed by atoms with Crippen LogP contribution in [-0.4, -0.2) is 9.78 Å². The van der Waals surface area contributed by atoms with Crippen molar-refractivity contribution < 1.29 is 0 Å². The van der Waals surface area contributed by atoms with Gasteiger partial charge in [-0.2, -0.15) is 5.26 Å². The van der Waals surface area contributed by atoms with Gasteiger partial charge in [0.25, 0.3) is 0 Å². The van der Waals surface area contributed by atoms with Gasteiger partial charge in [0.2, 0.25) is 0 Å². The molecule has 1 N–H and O–H groups in total. The van der Waals surface area contributed by atoms with Crippen molar-refractivity contribution in [3.05, 3.63) is 16.4 Å². The molecule has 1 fully saturated rings. The first-order valence-electron chi connectivity index (χ1n) is 4.48. The minimum absolute atomic E-state index is 0.513. The van der Waals surface area contributed by atoms with Crippen LogP contribution in [-0.2, 0) is 6.54 Å². The number of rotatable bonds is 3. The Bertz CT molecular complexity index is 392. The molecule has 0 saturated heterocycles. The van der Waals surface area contributed by atoms with E-state index in [1.54, 1.807) is 0 Å². The number of hydrogen-bond donors (Lipinski definition) is 1. The van der Waals surface area contributed by atoms with Gasteiger partial charge in [-0.15, -0.1) is 0 Å². The van der Waals surface area contributed by atoms with Crippen molar-refractivity contribution >= 4 is 12.2 Å². The lowest BCUT2D eigenvalue weighted by atomic mass is 10.3. The highest BCUT2D eigenvalue weighted by atomic mass is 32.1. The molecular weight excluding hydrogens is 182 g/mol. The molecule has 1 aliphatic rings. The van der Waals surface area contributed by atoms with Crippen molar-refractivity contribution in [3.8, 4) is 6.07 Å². The Kier molecular flexibility index (Phi) is 2.19. The summed E-state index contributed by atoms with van der Waals surface area (Å²) >= 11 is 5.16. The first-order valence-corrected chi connectivity index (χ1v) is 4.89. The van der Waals surface area contributed by atoms with Gasteiger partial charge in [0.05, 0.1) is 19.0 Å². The van der Waals surface area contributed by atoms with E-state index in [2.05, 4.69) is 11.2 Å². The Balaban J connectivity index is 2.16. The van der Waals surface area contributed by atoms with E-state index in [1.807, 2.05) is 10.7 Å². The van der Waals surface area contributed by atoms with Crippen LogP contribution in [0.2, 0.25) is 0 Å². The van der Waals surface area contributed by atoms with E-state index in [4.69, 9.17) is 17.5 Å². The highest BCUT2D eigenvalue weighted by molar-refractivity contribution is 7.71. The van der Waals surface area contributed by atoms with E-state index in [1.165, 1.54) is 18.5 Å².